The molecular formula is C11H25NO2S. The van der Waals surface area contributed by atoms with Gasteiger partial charge in [-0.2, -0.15) is 0 Å². The van der Waals surface area contributed by atoms with Crippen molar-refractivity contribution in [1.82, 2.24) is 5.32 Å². The van der Waals surface area contributed by atoms with Crippen molar-refractivity contribution < 1.29 is 8.42 Å². The molecular weight excluding hydrogens is 210 g/mol. The minimum absolute atomic E-state index is 0.281. The minimum Gasteiger partial charge on any atom is -0.317 e. The van der Waals surface area contributed by atoms with E-state index in [1.807, 2.05) is 7.05 Å². The zero-order valence-corrected chi connectivity index (χ0v) is 11.6. The fraction of sp³-hybridized carbons (Fsp3) is 1.00. The zero-order valence-electron chi connectivity index (χ0n) is 10.8. The second-order valence-corrected chi connectivity index (χ2v) is 8.14. The Bertz CT molecular complexity index is 277. The van der Waals surface area contributed by atoms with Crippen molar-refractivity contribution >= 4 is 9.84 Å². The van der Waals surface area contributed by atoms with Crippen LogP contribution in [0.5, 0.6) is 0 Å². The molecule has 0 aliphatic rings. The average molecular weight is 235 g/mol. The molecule has 15 heavy (non-hydrogen) atoms. The van der Waals surface area contributed by atoms with Crippen LogP contribution in [0.2, 0.25) is 0 Å². The molecule has 0 rings (SSSR count). The SMILES string of the molecule is CNC(C)C(C)CCS(=O)(=O)C(C)(C)C. The molecule has 0 heterocycles. The van der Waals surface area contributed by atoms with E-state index < -0.39 is 14.6 Å². The standard InChI is InChI=1S/C11H25NO2S/c1-9(10(2)12-6)7-8-15(13,14)11(3,4)5/h9-10,12H,7-8H2,1-6H3. The van der Waals surface area contributed by atoms with Gasteiger partial charge in [-0.3, -0.25) is 0 Å². The fourth-order valence-electron chi connectivity index (χ4n) is 1.18. The predicted octanol–water partition coefficient (Wildman–Crippen LogP) is 1.83. The van der Waals surface area contributed by atoms with Gasteiger partial charge in [-0.25, -0.2) is 8.42 Å². The molecule has 3 nitrogen and oxygen atoms in total. The number of sulfone groups is 1. The van der Waals surface area contributed by atoms with Crippen LogP contribution in [0.4, 0.5) is 0 Å². The first kappa shape index (κ1) is 14.9. The van der Waals surface area contributed by atoms with Crippen LogP contribution in [-0.2, 0) is 9.84 Å². The quantitative estimate of drug-likeness (QED) is 0.791. The molecule has 0 saturated carbocycles. The van der Waals surface area contributed by atoms with Gasteiger partial charge < -0.3 is 5.32 Å². The molecule has 0 spiro atoms. The zero-order chi connectivity index (χ0) is 12.3. The largest absolute Gasteiger partial charge is 0.317 e. The molecule has 0 saturated heterocycles. The molecule has 0 aromatic carbocycles. The Morgan fingerprint density at radius 3 is 2.00 bits per heavy atom. The van der Waals surface area contributed by atoms with Crippen molar-refractivity contribution in [3.63, 3.8) is 0 Å². The van der Waals surface area contributed by atoms with Crippen LogP contribution in [0, 0.1) is 5.92 Å². The van der Waals surface area contributed by atoms with Gasteiger partial charge in [-0.05, 0) is 47.1 Å². The number of hydrogen-bond acceptors (Lipinski definition) is 3. The Labute approximate surface area is 94.6 Å². The predicted molar refractivity (Wildman–Crippen MR) is 65.8 cm³/mol. The van der Waals surface area contributed by atoms with Gasteiger partial charge in [0.15, 0.2) is 9.84 Å². The Hall–Kier alpha value is -0.0900. The van der Waals surface area contributed by atoms with Gasteiger partial charge in [0.2, 0.25) is 0 Å². The first-order valence-electron chi connectivity index (χ1n) is 5.51. The van der Waals surface area contributed by atoms with Crippen LogP contribution in [-0.4, -0.2) is 32.0 Å². The van der Waals surface area contributed by atoms with Crippen molar-refractivity contribution in [2.75, 3.05) is 12.8 Å². The molecule has 0 bridgehead atoms. The third kappa shape index (κ3) is 4.51. The van der Waals surface area contributed by atoms with Crippen molar-refractivity contribution in [3.05, 3.63) is 0 Å². The first-order chi connectivity index (χ1) is 6.62. The Balaban J connectivity index is 4.29. The second-order valence-electron chi connectivity index (χ2n) is 5.27. The molecule has 2 unspecified atom stereocenters. The smallest absolute Gasteiger partial charge is 0.155 e. The fourth-order valence-corrected chi connectivity index (χ4v) is 2.48. The minimum atomic E-state index is -2.96. The van der Waals surface area contributed by atoms with Crippen molar-refractivity contribution in [3.8, 4) is 0 Å². The van der Waals surface area contributed by atoms with Crippen LogP contribution in [0.3, 0.4) is 0 Å². The lowest BCUT2D eigenvalue weighted by atomic mass is 10.0. The number of hydrogen-bond donors (Lipinski definition) is 1. The molecule has 2 atom stereocenters. The highest BCUT2D eigenvalue weighted by molar-refractivity contribution is 7.92. The van der Waals surface area contributed by atoms with Crippen LogP contribution in [0.25, 0.3) is 0 Å². The summed E-state index contributed by atoms with van der Waals surface area (Å²) in [4.78, 5) is 0. The van der Waals surface area contributed by atoms with Gasteiger partial charge in [0.05, 0.1) is 10.5 Å². The van der Waals surface area contributed by atoms with E-state index in [4.69, 9.17) is 0 Å². The molecule has 0 radical (unpaired) electrons. The summed E-state index contributed by atoms with van der Waals surface area (Å²) in [6, 6.07) is 0.361. The highest BCUT2D eigenvalue weighted by atomic mass is 32.2. The number of rotatable bonds is 5. The first-order valence-corrected chi connectivity index (χ1v) is 7.16. The maximum absolute atomic E-state index is 11.8. The topological polar surface area (TPSA) is 46.2 Å². The monoisotopic (exact) mass is 235 g/mol. The molecule has 0 fully saturated rings. The molecule has 1 N–H and O–H groups in total. The Kier molecular flexibility index (Phi) is 5.27. The lowest BCUT2D eigenvalue weighted by molar-refractivity contribution is 0.413. The molecule has 92 valence electrons. The van der Waals surface area contributed by atoms with E-state index in [2.05, 4.69) is 19.2 Å². The van der Waals surface area contributed by atoms with Crippen molar-refractivity contribution in [1.29, 1.82) is 0 Å². The van der Waals surface area contributed by atoms with Gasteiger partial charge in [-0.15, -0.1) is 0 Å². The van der Waals surface area contributed by atoms with E-state index in [0.29, 0.717) is 12.0 Å². The molecule has 0 aliphatic carbocycles. The number of nitrogens with one attached hydrogen (secondary N) is 1. The summed E-state index contributed by atoms with van der Waals surface area (Å²) < 4.78 is 23.1. The van der Waals surface area contributed by atoms with Crippen LogP contribution in [0.15, 0.2) is 0 Å². The molecule has 0 aromatic rings. The van der Waals surface area contributed by atoms with Gasteiger partial charge in [0, 0.05) is 6.04 Å². The van der Waals surface area contributed by atoms with Gasteiger partial charge in [0.25, 0.3) is 0 Å². The summed E-state index contributed by atoms with van der Waals surface area (Å²) in [5.74, 6) is 0.663. The summed E-state index contributed by atoms with van der Waals surface area (Å²) in [5.41, 5.74) is 0. The van der Waals surface area contributed by atoms with Crippen LogP contribution < -0.4 is 5.32 Å². The molecule has 0 aliphatic heterocycles. The van der Waals surface area contributed by atoms with E-state index in [1.54, 1.807) is 20.8 Å². The highest BCUT2D eigenvalue weighted by Crippen LogP contribution is 2.19. The maximum atomic E-state index is 11.8. The van der Waals surface area contributed by atoms with Gasteiger partial charge in [0.1, 0.15) is 0 Å². The summed E-state index contributed by atoms with van der Waals surface area (Å²) in [6.07, 6.45) is 0.724. The second kappa shape index (κ2) is 5.30. The summed E-state index contributed by atoms with van der Waals surface area (Å²) in [7, 11) is -1.06. The van der Waals surface area contributed by atoms with E-state index in [-0.39, 0.29) is 5.75 Å². The van der Waals surface area contributed by atoms with Crippen molar-refractivity contribution in [2.24, 2.45) is 5.92 Å². The summed E-state index contributed by atoms with van der Waals surface area (Å²) >= 11 is 0. The Morgan fingerprint density at radius 2 is 1.67 bits per heavy atom. The van der Waals surface area contributed by atoms with E-state index in [9.17, 15) is 8.42 Å². The highest BCUT2D eigenvalue weighted by Gasteiger charge is 2.29. The van der Waals surface area contributed by atoms with Crippen LogP contribution in [0.1, 0.15) is 41.0 Å². The van der Waals surface area contributed by atoms with Crippen molar-refractivity contribution in [2.45, 2.75) is 51.8 Å². The average Bonchev–Trinajstić information content (AvgIpc) is 2.11. The van der Waals surface area contributed by atoms with Crippen LogP contribution >= 0.6 is 0 Å². The molecule has 0 aromatic heterocycles. The van der Waals surface area contributed by atoms with E-state index in [1.165, 1.54) is 0 Å². The van der Waals surface area contributed by atoms with Gasteiger partial charge in [-0.1, -0.05) is 6.92 Å². The van der Waals surface area contributed by atoms with E-state index in [0.717, 1.165) is 6.42 Å². The lowest BCUT2D eigenvalue weighted by Crippen LogP contribution is -2.34. The lowest BCUT2D eigenvalue weighted by Gasteiger charge is -2.23. The molecule has 4 heteroatoms. The maximum Gasteiger partial charge on any atom is 0.155 e. The summed E-state index contributed by atoms with van der Waals surface area (Å²) in [5, 5.41) is 3.14. The third-order valence-corrected chi connectivity index (χ3v) is 5.72. The van der Waals surface area contributed by atoms with Gasteiger partial charge >= 0.3 is 0 Å². The Morgan fingerprint density at radius 1 is 1.20 bits per heavy atom. The normalized spacial score (nSPS) is 17.5. The van der Waals surface area contributed by atoms with E-state index >= 15 is 0 Å². The summed E-state index contributed by atoms with van der Waals surface area (Å²) in [6.45, 7) is 9.44. The molecule has 0 amide bonds. The third-order valence-electron chi connectivity index (χ3n) is 3.08.